The van der Waals surface area contributed by atoms with Gasteiger partial charge in [-0.2, -0.15) is 4.31 Å². The SMILES string of the molecule is COC(=O)c1c(NCC(=O)c2cccc(S(=O)(=O)N3CCCCCC3)c2)sc2c1CCCC2. The van der Waals surface area contributed by atoms with Gasteiger partial charge in [0.2, 0.25) is 10.0 Å². The number of hydrogen-bond acceptors (Lipinski definition) is 7. The number of ether oxygens (including phenoxy) is 1. The fourth-order valence-corrected chi connectivity index (χ4v) is 7.37. The Morgan fingerprint density at radius 1 is 1.06 bits per heavy atom. The third kappa shape index (κ3) is 5.15. The quantitative estimate of drug-likeness (QED) is 0.460. The molecule has 9 heteroatoms. The summed E-state index contributed by atoms with van der Waals surface area (Å²) in [5.41, 5.74) is 1.89. The molecule has 0 spiro atoms. The molecular weight excluding hydrogens is 460 g/mol. The lowest BCUT2D eigenvalue weighted by Gasteiger charge is -2.20. The van der Waals surface area contributed by atoms with E-state index in [-0.39, 0.29) is 17.2 Å². The monoisotopic (exact) mass is 490 g/mol. The van der Waals surface area contributed by atoms with Gasteiger partial charge in [0.1, 0.15) is 5.00 Å². The minimum atomic E-state index is -3.63. The third-order valence-electron chi connectivity index (χ3n) is 6.33. The molecule has 1 saturated heterocycles. The molecule has 1 fully saturated rings. The van der Waals surface area contributed by atoms with E-state index in [4.69, 9.17) is 4.74 Å². The lowest BCUT2D eigenvalue weighted by Crippen LogP contribution is -2.32. The lowest BCUT2D eigenvalue weighted by atomic mass is 9.95. The molecule has 1 aromatic heterocycles. The topological polar surface area (TPSA) is 92.8 Å². The maximum absolute atomic E-state index is 13.1. The van der Waals surface area contributed by atoms with Crippen molar-refractivity contribution in [1.82, 2.24) is 4.31 Å². The van der Waals surface area contributed by atoms with Gasteiger partial charge in [-0.25, -0.2) is 13.2 Å². The number of ketones is 1. The van der Waals surface area contributed by atoms with Crippen LogP contribution >= 0.6 is 11.3 Å². The molecule has 2 aliphatic rings. The van der Waals surface area contributed by atoms with Crippen LogP contribution in [0.4, 0.5) is 5.00 Å². The number of anilines is 1. The van der Waals surface area contributed by atoms with Gasteiger partial charge in [0.15, 0.2) is 5.78 Å². The van der Waals surface area contributed by atoms with Crippen LogP contribution in [0.15, 0.2) is 29.2 Å². The van der Waals surface area contributed by atoms with Gasteiger partial charge in [0.05, 0.1) is 24.1 Å². The van der Waals surface area contributed by atoms with Crippen LogP contribution in [0, 0.1) is 0 Å². The number of carbonyl (C=O) groups excluding carboxylic acids is 2. The largest absolute Gasteiger partial charge is 0.465 e. The number of aryl methyl sites for hydroxylation is 1. The van der Waals surface area contributed by atoms with E-state index >= 15 is 0 Å². The molecule has 0 unspecified atom stereocenters. The molecule has 1 aromatic carbocycles. The predicted octanol–water partition coefficient (Wildman–Crippen LogP) is 4.27. The number of benzene rings is 1. The Morgan fingerprint density at radius 3 is 2.52 bits per heavy atom. The van der Waals surface area contributed by atoms with Crippen molar-refractivity contribution < 1.29 is 22.7 Å². The number of rotatable bonds is 7. The molecule has 178 valence electrons. The fourth-order valence-electron chi connectivity index (χ4n) is 4.53. The number of nitrogens with zero attached hydrogens (tertiary/aromatic N) is 1. The van der Waals surface area contributed by atoms with E-state index in [1.54, 1.807) is 18.2 Å². The molecule has 0 atom stereocenters. The van der Waals surface area contributed by atoms with E-state index in [0.29, 0.717) is 29.2 Å². The number of fused-ring (bicyclic) bond motifs is 1. The van der Waals surface area contributed by atoms with Crippen molar-refractivity contribution in [2.24, 2.45) is 0 Å². The zero-order valence-corrected chi connectivity index (χ0v) is 20.5. The highest BCUT2D eigenvalue weighted by Gasteiger charge is 2.27. The van der Waals surface area contributed by atoms with E-state index in [2.05, 4.69) is 5.32 Å². The van der Waals surface area contributed by atoms with Gasteiger partial charge < -0.3 is 10.1 Å². The van der Waals surface area contributed by atoms with Gasteiger partial charge in [0, 0.05) is 23.5 Å². The van der Waals surface area contributed by atoms with Gasteiger partial charge in [-0.1, -0.05) is 25.0 Å². The summed E-state index contributed by atoms with van der Waals surface area (Å²) >= 11 is 1.50. The highest BCUT2D eigenvalue weighted by Crippen LogP contribution is 2.38. The van der Waals surface area contributed by atoms with Crippen LogP contribution in [0.3, 0.4) is 0 Å². The summed E-state index contributed by atoms with van der Waals surface area (Å²) < 4.78 is 32.7. The minimum Gasteiger partial charge on any atom is -0.465 e. The van der Waals surface area contributed by atoms with Gasteiger partial charge in [0.25, 0.3) is 0 Å². The van der Waals surface area contributed by atoms with Crippen LogP contribution in [0.2, 0.25) is 0 Å². The number of methoxy groups -OCH3 is 1. The van der Waals surface area contributed by atoms with Crippen LogP contribution in [-0.2, 0) is 27.6 Å². The zero-order chi connectivity index (χ0) is 23.4. The summed E-state index contributed by atoms with van der Waals surface area (Å²) in [6.07, 6.45) is 7.67. The van der Waals surface area contributed by atoms with Crippen LogP contribution < -0.4 is 5.32 Å². The molecule has 0 saturated carbocycles. The Kier molecular flexibility index (Phi) is 7.51. The summed E-state index contributed by atoms with van der Waals surface area (Å²) in [6.45, 7) is 0.999. The van der Waals surface area contributed by atoms with Gasteiger partial charge in [-0.05, 0) is 56.2 Å². The summed E-state index contributed by atoms with van der Waals surface area (Å²) in [5, 5.41) is 3.77. The van der Waals surface area contributed by atoms with E-state index in [1.165, 1.54) is 33.7 Å². The van der Waals surface area contributed by atoms with E-state index in [1.807, 2.05) is 0 Å². The smallest absolute Gasteiger partial charge is 0.341 e. The second-order valence-corrected chi connectivity index (χ2v) is 11.6. The van der Waals surface area contributed by atoms with Gasteiger partial charge >= 0.3 is 5.97 Å². The molecular formula is C24H30N2O5S2. The molecule has 1 N–H and O–H groups in total. The van der Waals surface area contributed by atoms with Crippen molar-refractivity contribution in [3.8, 4) is 0 Å². The number of sulfonamides is 1. The second-order valence-electron chi connectivity index (χ2n) is 8.53. The Morgan fingerprint density at radius 2 is 1.79 bits per heavy atom. The third-order valence-corrected chi connectivity index (χ3v) is 9.47. The van der Waals surface area contributed by atoms with Gasteiger partial charge in [-0.3, -0.25) is 4.79 Å². The van der Waals surface area contributed by atoms with Crippen LogP contribution in [-0.4, -0.2) is 51.2 Å². The summed E-state index contributed by atoms with van der Waals surface area (Å²) in [4.78, 5) is 26.7. The standard InChI is InChI=1S/C24H30N2O5S2/c1-31-24(28)22-19-11-4-5-12-21(19)32-23(22)25-16-20(27)17-9-8-10-18(15-17)33(29,30)26-13-6-2-3-7-14-26/h8-10,15,25H,2-7,11-14,16H2,1H3. The summed E-state index contributed by atoms with van der Waals surface area (Å²) in [5.74, 6) is -0.625. The Bertz CT molecular complexity index is 1130. The maximum atomic E-state index is 13.1. The molecule has 33 heavy (non-hydrogen) atoms. The molecule has 7 nitrogen and oxygen atoms in total. The van der Waals surface area contributed by atoms with Crippen LogP contribution in [0.25, 0.3) is 0 Å². The number of esters is 1. The molecule has 0 bridgehead atoms. The first-order valence-electron chi connectivity index (χ1n) is 11.5. The van der Waals surface area contributed by atoms with Crippen molar-refractivity contribution >= 4 is 38.1 Å². The number of hydrogen-bond donors (Lipinski definition) is 1. The van der Waals surface area contributed by atoms with Crippen molar-refractivity contribution in [1.29, 1.82) is 0 Å². The normalized spacial score (nSPS) is 17.1. The van der Waals surface area contributed by atoms with E-state index in [0.717, 1.165) is 56.9 Å². The molecule has 2 aromatic rings. The zero-order valence-electron chi connectivity index (χ0n) is 18.9. The highest BCUT2D eigenvalue weighted by molar-refractivity contribution is 7.89. The Labute approximate surface area is 199 Å². The number of Topliss-reactive ketones (excluding diaryl/α,β-unsaturated/α-hetero) is 1. The Hall–Kier alpha value is -2.23. The van der Waals surface area contributed by atoms with Crippen molar-refractivity contribution in [3.05, 3.63) is 45.8 Å². The second kappa shape index (κ2) is 10.4. The molecule has 2 heterocycles. The molecule has 1 aliphatic heterocycles. The first-order chi connectivity index (χ1) is 15.9. The Balaban J connectivity index is 1.51. The first-order valence-corrected chi connectivity index (χ1v) is 13.8. The molecule has 0 radical (unpaired) electrons. The number of nitrogens with one attached hydrogen (secondary N) is 1. The highest BCUT2D eigenvalue weighted by atomic mass is 32.2. The maximum Gasteiger partial charge on any atom is 0.341 e. The summed E-state index contributed by atoms with van der Waals surface area (Å²) in [6, 6.07) is 6.26. The van der Waals surface area contributed by atoms with Crippen molar-refractivity contribution in [2.75, 3.05) is 32.1 Å². The van der Waals surface area contributed by atoms with E-state index in [9.17, 15) is 18.0 Å². The van der Waals surface area contributed by atoms with Crippen LogP contribution in [0.1, 0.15) is 69.7 Å². The number of thiophene rings is 1. The molecule has 4 rings (SSSR count). The lowest BCUT2D eigenvalue weighted by molar-refractivity contribution is 0.0600. The average Bonchev–Trinajstić information content (AvgIpc) is 2.98. The van der Waals surface area contributed by atoms with E-state index < -0.39 is 16.0 Å². The van der Waals surface area contributed by atoms with Crippen LogP contribution in [0.5, 0.6) is 0 Å². The summed E-state index contributed by atoms with van der Waals surface area (Å²) in [7, 11) is -2.27. The average molecular weight is 491 g/mol. The number of carbonyl (C=O) groups is 2. The molecule has 0 amide bonds. The predicted molar refractivity (Wildman–Crippen MR) is 129 cm³/mol. The fraction of sp³-hybridized carbons (Fsp3) is 0.500. The molecule has 1 aliphatic carbocycles. The van der Waals surface area contributed by atoms with Crippen molar-refractivity contribution in [3.63, 3.8) is 0 Å². The first kappa shape index (κ1) is 23.9. The van der Waals surface area contributed by atoms with Gasteiger partial charge in [-0.15, -0.1) is 11.3 Å². The minimum absolute atomic E-state index is 0.0311. The van der Waals surface area contributed by atoms with Crippen molar-refractivity contribution in [2.45, 2.75) is 56.3 Å².